The van der Waals surface area contributed by atoms with Crippen molar-refractivity contribution in [1.82, 2.24) is 10.2 Å². The highest BCUT2D eigenvalue weighted by molar-refractivity contribution is 5.80. The summed E-state index contributed by atoms with van der Waals surface area (Å²) in [5.41, 5.74) is 0. The summed E-state index contributed by atoms with van der Waals surface area (Å²) in [6.45, 7) is 9.88. The van der Waals surface area contributed by atoms with Gasteiger partial charge in [0.1, 0.15) is 11.9 Å². The molecule has 1 aromatic rings. The van der Waals surface area contributed by atoms with Gasteiger partial charge in [0.2, 0.25) is 0 Å². The van der Waals surface area contributed by atoms with Crippen LogP contribution in [0.5, 0.6) is 0 Å². The molecule has 0 bridgehead atoms. The monoisotopic (exact) mass is 307 g/mol. The van der Waals surface area contributed by atoms with Gasteiger partial charge in [-0.15, -0.1) is 0 Å². The Morgan fingerprint density at radius 2 is 2.36 bits per heavy atom. The van der Waals surface area contributed by atoms with Gasteiger partial charge in [0.05, 0.1) is 12.8 Å². The summed E-state index contributed by atoms with van der Waals surface area (Å²) in [6.07, 6.45) is 3.39. The van der Waals surface area contributed by atoms with Gasteiger partial charge in [-0.05, 0) is 43.7 Å². The van der Waals surface area contributed by atoms with E-state index in [0.717, 1.165) is 37.4 Å². The van der Waals surface area contributed by atoms with Gasteiger partial charge in [0.15, 0.2) is 5.96 Å². The van der Waals surface area contributed by atoms with Crippen LogP contribution in [-0.4, -0.2) is 42.1 Å². The second kappa shape index (κ2) is 8.22. The molecule has 22 heavy (non-hydrogen) atoms. The Bertz CT molecular complexity index is 456. The van der Waals surface area contributed by atoms with E-state index in [1.54, 1.807) is 18.4 Å². The maximum absolute atomic E-state index is 10.1. The normalized spacial score (nSPS) is 20.7. The van der Waals surface area contributed by atoms with E-state index in [1.807, 2.05) is 0 Å². The van der Waals surface area contributed by atoms with E-state index < -0.39 is 6.10 Å². The highest BCUT2D eigenvalue weighted by atomic mass is 16.4. The van der Waals surface area contributed by atoms with Crippen LogP contribution < -0.4 is 5.32 Å². The van der Waals surface area contributed by atoms with Crippen molar-refractivity contribution in [3.05, 3.63) is 24.2 Å². The summed E-state index contributed by atoms with van der Waals surface area (Å²) in [4.78, 5) is 6.90. The molecule has 2 atom stereocenters. The molecule has 5 nitrogen and oxygen atoms in total. The molecule has 1 aliphatic heterocycles. The van der Waals surface area contributed by atoms with E-state index in [0.29, 0.717) is 12.3 Å². The average Bonchev–Trinajstić information content (AvgIpc) is 3.13. The fraction of sp³-hybridized carbons (Fsp3) is 0.706. The smallest absolute Gasteiger partial charge is 0.194 e. The van der Waals surface area contributed by atoms with E-state index in [4.69, 9.17) is 4.42 Å². The van der Waals surface area contributed by atoms with Crippen molar-refractivity contribution in [1.29, 1.82) is 0 Å². The third-order valence-electron chi connectivity index (χ3n) is 4.01. The molecular weight excluding hydrogens is 278 g/mol. The molecule has 0 saturated carbocycles. The number of likely N-dealkylation sites (tertiary alicyclic amines) is 1. The predicted molar refractivity (Wildman–Crippen MR) is 88.8 cm³/mol. The van der Waals surface area contributed by atoms with Gasteiger partial charge in [-0.25, -0.2) is 4.99 Å². The number of hydrogen-bond acceptors (Lipinski definition) is 3. The topological polar surface area (TPSA) is 61.0 Å². The summed E-state index contributed by atoms with van der Waals surface area (Å²) in [6, 6.07) is 3.56. The Kier molecular flexibility index (Phi) is 6.31. The van der Waals surface area contributed by atoms with Crippen LogP contribution in [0.25, 0.3) is 0 Å². The number of hydrogen-bond donors (Lipinski definition) is 2. The molecule has 1 aliphatic rings. The lowest BCUT2D eigenvalue weighted by Crippen LogP contribution is -2.40. The van der Waals surface area contributed by atoms with Crippen molar-refractivity contribution in [2.24, 2.45) is 16.8 Å². The third-order valence-corrected chi connectivity index (χ3v) is 4.01. The Morgan fingerprint density at radius 1 is 1.55 bits per heavy atom. The molecule has 1 saturated heterocycles. The van der Waals surface area contributed by atoms with Crippen LogP contribution in [0.2, 0.25) is 0 Å². The average molecular weight is 307 g/mol. The molecule has 0 radical (unpaired) electrons. The molecule has 2 rings (SSSR count). The van der Waals surface area contributed by atoms with Gasteiger partial charge in [-0.1, -0.05) is 13.8 Å². The van der Waals surface area contributed by atoms with Crippen LogP contribution in [0, 0.1) is 11.8 Å². The number of aliphatic hydroxyl groups excluding tert-OH is 1. The minimum atomic E-state index is -0.683. The molecule has 0 spiro atoms. The van der Waals surface area contributed by atoms with Crippen LogP contribution in [0.4, 0.5) is 0 Å². The molecule has 0 amide bonds. The highest BCUT2D eigenvalue weighted by Gasteiger charge is 2.25. The molecule has 124 valence electrons. The van der Waals surface area contributed by atoms with Crippen LogP contribution in [-0.2, 0) is 0 Å². The number of nitrogens with one attached hydrogen (secondary N) is 1. The second-order valence-electron chi connectivity index (χ2n) is 6.46. The number of aliphatic hydroxyl groups is 1. The Morgan fingerprint density at radius 3 is 3.00 bits per heavy atom. The van der Waals surface area contributed by atoms with E-state index in [1.165, 1.54) is 12.8 Å². The Hall–Kier alpha value is -1.49. The zero-order valence-electron chi connectivity index (χ0n) is 14.0. The van der Waals surface area contributed by atoms with Crippen molar-refractivity contribution in [2.45, 2.75) is 39.7 Å². The van der Waals surface area contributed by atoms with Crippen LogP contribution in [0.15, 0.2) is 27.8 Å². The van der Waals surface area contributed by atoms with Crippen molar-refractivity contribution in [3.8, 4) is 0 Å². The minimum Gasteiger partial charge on any atom is -0.467 e. The summed E-state index contributed by atoms with van der Waals surface area (Å²) in [5.74, 6) is 2.96. The standard InChI is InChI=1S/C17H29N3O2/c1-4-18-17(19-11-15(21)16-6-5-9-22-16)20-8-7-14(12-20)10-13(2)3/h5-6,9,13-15,21H,4,7-8,10-12H2,1-3H3,(H,18,19). The number of rotatable bonds is 6. The van der Waals surface area contributed by atoms with E-state index in [2.05, 4.69) is 36.0 Å². The zero-order valence-corrected chi connectivity index (χ0v) is 14.0. The van der Waals surface area contributed by atoms with Crippen LogP contribution in [0.3, 0.4) is 0 Å². The minimum absolute atomic E-state index is 0.321. The van der Waals surface area contributed by atoms with Crippen molar-refractivity contribution < 1.29 is 9.52 Å². The lowest BCUT2D eigenvalue weighted by atomic mass is 9.97. The number of furan rings is 1. The predicted octanol–water partition coefficient (Wildman–Crippen LogP) is 2.65. The van der Waals surface area contributed by atoms with Crippen molar-refractivity contribution >= 4 is 5.96 Å². The van der Waals surface area contributed by atoms with Gasteiger partial charge in [-0.3, -0.25) is 0 Å². The first-order chi connectivity index (χ1) is 10.6. The van der Waals surface area contributed by atoms with Gasteiger partial charge in [0.25, 0.3) is 0 Å². The maximum Gasteiger partial charge on any atom is 0.194 e. The van der Waals surface area contributed by atoms with Crippen molar-refractivity contribution in [2.75, 3.05) is 26.2 Å². The number of guanidine groups is 1. The van der Waals surface area contributed by atoms with E-state index >= 15 is 0 Å². The van der Waals surface area contributed by atoms with Crippen LogP contribution in [0.1, 0.15) is 45.5 Å². The maximum atomic E-state index is 10.1. The third kappa shape index (κ3) is 4.77. The molecule has 2 heterocycles. The fourth-order valence-electron chi connectivity index (χ4n) is 3.05. The molecule has 0 aliphatic carbocycles. The molecule has 1 fully saturated rings. The zero-order chi connectivity index (χ0) is 15.9. The summed E-state index contributed by atoms with van der Waals surface area (Å²) < 4.78 is 5.22. The van der Waals surface area contributed by atoms with E-state index in [9.17, 15) is 5.11 Å². The first kappa shape index (κ1) is 16.9. The number of aliphatic imine (C=N–C) groups is 1. The SMILES string of the molecule is CCNC(=NCC(O)c1ccco1)N1CCC(CC(C)C)C1. The number of nitrogens with zero attached hydrogens (tertiary/aromatic N) is 2. The fourth-order valence-corrected chi connectivity index (χ4v) is 3.05. The molecular formula is C17H29N3O2. The van der Waals surface area contributed by atoms with Gasteiger partial charge in [-0.2, -0.15) is 0 Å². The lowest BCUT2D eigenvalue weighted by Gasteiger charge is -2.22. The lowest BCUT2D eigenvalue weighted by molar-refractivity contribution is 0.158. The largest absolute Gasteiger partial charge is 0.467 e. The molecule has 5 heteroatoms. The molecule has 2 unspecified atom stereocenters. The Labute approximate surface area is 133 Å². The summed E-state index contributed by atoms with van der Waals surface area (Å²) >= 11 is 0. The molecule has 2 N–H and O–H groups in total. The Balaban J connectivity index is 1.93. The first-order valence-electron chi connectivity index (χ1n) is 8.34. The quantitative estimate of drug-likeness (QED) is 0.626. The summed E-state index contributed by atoms with van der Waals surface area (Å²) in [7, 11) is 0. The molecule has 1 aromatic heterocycles. The van der Waals surface area contributed by atoms with Crippen molar-refractivity contribution in [3.63, 3.8) is 0 Å². The highest BCUT2D eigenvalue weighted by Crippen LogP contribution is 2.23. The van der Waals surface area contributed by atoms with Crippen LogP contribution >= 0.6 is 0 Å². The van der Waals surface area contributed by atoms with Gasteiger partial charge in [0, 0.05) is 19.6 Å². The van der Waals surface area contributed by atoms with E-state index in [-0.39, 0.29) is 0 Å². The second-order valence-corrected chi connectivity index (χ2v) is 6.46. The van der Waals surface area contributed by atoms with Gasteiger partial charge < -0.3 is 19.7 Å². The van der Waals surface area contributed by atoms with Gasteiger partial charge >= 0.3 is 0 Å². The molecule has 0 aromatic carbocycles. The first-order valence-corrected chi connectivity index (χ1v) is 8.34. The summed E-state index contributed by atoms with van der Waals surface area (Å²) in [5, 5.41) is 13.4.